The highest BCUT2D eigenvalue weighted by molar-refractivity contribution is 9.10. The lowest BCUT2D eigenvalue weighted by Crippen LogP contribution is -2.20. The number of hydrogen-bond acceptors (Lipinski definition) is 2. The van der Waals surface area contributed by atoms with Gasteiger partial charge in [0, 0.05) is 23.6 Å². The lowest BCUT2D eigenvalue weighted by molar-refractivity contribution is 0.529. The van der Waals surface area contributed by atoms with Crippen LogP contribution >= 0.6 is 31.9 Å². The van der Waals surface area contributed by atoms with Crippen molar-refractivity contribution in [2.24, 2.45) is 0 Å². The minimum absolute atomic E-state index is 0.291. The summed E-state index contributed by atoms with van der Waals surface area (Å²) in [7, 11) is 0. The number of rotatable bonds is 6. The third-order valence-electron chi connectivity index (χ3n) is 3.62. The molecular formula is C16H21Br2N3. The van der Waals surface area contributed by atoms with Crippen LogP contribution in [0, 0.1) is 0 Å². The molecule has 1 atom stereocenters. The summed E-state index contributed by atoms with van der Waals surface area (Å²) >= 11 is 7.21. The van der Waals surface area contributed by atoms with Gasteiger partial charge in [0.2, 0.25) is 0 Å². The van der Waals surface area contributed by atoms with Gasteiger partial charge < -0.3 is 5.32 Å². The molecule has 2 aromatic rings. The average Bonchev–Trinajstić information content (AvgIpc) is 2.80. The van der Waals surface area contributed by atoms with E-state index >= 15 is 0 Å². The monoisotopic (exact) mass is 413 g/mol. The molecule has 0 unspecified atom stereocenters. The Morgan fingerprint density at radius 3 is 2.67 bits per heavy atom. The van der Waals surface area contributed by atoms with Gasteiger partial charge >= 0.3 is 0 Å². The van der Waals surface area contributed by atoms with Crippen LogP contribution in [0.15, 0.2) is 33.2 Å². The van der Waals surface area contributed by atoms with Crippen LogP contribution in [0.25, 0.3) is 0 Å². The topological polar surface area (TPSA) is 29.9 Å². The molecule has 2 rings (SSSR count). The van der Waals surface area contributed by atoms with Gasteiger partial charge in [-0.2, -0.15) is 5.10 Å². The summed E-state index contributed by atoms with van der Waals surface area (Å²) in [6.07, 6.45) is 0.946. The van der Waals surface area contributed by atoms with Crippen LogP contribution < -0.4 is 5.32 Å². The second-order valence-electron chi connectivity index (χ2n) is 5.03. The predicted molar refractivity (Wildman–Crippen MR) is 94.4 cm³/mol. The van der Waals surface area contributed by atoms with Crippen molar-refractivity contribution in [3.05, 3.63) is 50.2 Å². The predicted octanol–water partition coefficient (Wildman–Crippen LogP) is 4.84. The normalized spacial score (nSPS) is 12.6. The van der Waals surface area contributed by atoms with Crippen LogP contribution in [0.1, 0.15) is 43.8 Å². The molecule has 0 saturated heterocycles. The zero-order valence-electron chi connectivity index (χ0n) is 12.7. The fourth-order valence-electron chi connectivity index (χ4n) is 2.33. The van der Waals surface area contributed by atoms with Crippen LogP contribution in [0.3, 0.4) is 0 Å². The number of hydrogen-bond donors (Lipinski definition) is 1. The van der Waals surface area contributed by atoms with E-state index in [2.05, 4.69) is 85.9 Å². The number of halogens is 2. The van der Waals surface area contributed by atoms with Crippen molar-refractivity contribution in [2.45, 2.75) is 46.3 Å². The zero-order chi connectivity index (χ0) is 15.4. The van der Waals surface area contributed by atoms with E-state index in [0.29, 0.717) is 6.04 Å². The SMILES string of the molecule is CCc1nn(CC)c(CN[C@@H](C)c2cccc(Br)c2)c1Br. The Bertz CT molecular complexity index is 608. The molecule has 3 nitrogen and oxygen atoms in total. The van der Waals surface area contributed by atoms with Gasteiger partial charge in [0.15, 0.2) is 0 Å². The van der Waals surface area contributed by atoms with E-state index in [1.807, 2.05) is 6.07 Å². The summed E-state index contributed by atoms with van der Waals surface area (Å²) in [6.45, 7) is 8.13. The molecule has 0 amide bonds. The minimum Gasteiger partial charge on any atom is -0.305 e. The summed E-state index contributed by atoms with van der Waals surface area (Å²) in [6, 6.07) is 8.71. The first kappa shape index (κ1) is 16.7. The van der Waals surface area contributed by atoms with Gasteiger partial charge in [-0.15, -0.1) is 0 Å². The smallest absolute Gasteiger partial charge is 0.0767 e. The Balaban J connectivity index is 2.11. The molecule has 0 fully saturated rings. The van der Waals surface area contributed by atoms with Gasteiger partial charge in [0.25, 0.3) is 0 Å². The van der Waals surface area contributed by atoms with E-state index in [9.17, 15) is 0 Å². The molecule has 5 heteroatoms. The molecule has 114 valence electrons. The minimum atomic E-state index is 0.291. The highest BCUT2D eigenvalue weighted by Crippen LogP contribution is 2.24. The van der Waals surface area contributed by atoms with Gasteiger partial charge in [0.05, 0.1) is 15.9 Å². The maximum absolute atomic E-state index is 4.63. The van der Waals surface area contributed by atoms with Gasteiger partial charge in [-0.25, -0.2) is 0 Å². The van der Waals surface area contributed by atoms with E-state index in [0.717, 1.165) is 34.1 Å². The van der Waals surface area contributed by atoms with Gasteiger partial charge in [-0.1, -0.05) is 35.0 Å². The third-order valence-corrected chi connectivity index (χ3v) is 5.03. The number of nitrogens with one attached hydrogen (secondary N) is 1. The first-order valence-corrected chi connectivity index (χ1v) is 8.88. The first-order chi connectivity index (χ1) is 10.1. The summed E-state index contributed by atoms with van der Waals surface area (Å²) in [4.78, 5) is 0. The van der Waals surface area contributed by atoms with Crippen molar-refractivity contribution in [2.75, 3.05) is 0 Å². The van der Waals surface area contributed by atoms with Crippen molar-refractivity contribution >= 4 is 31.9 Å². The molecular weight excluding hydrogens is 394 g/mol. The highest BCUT2D eigenvalue weighted by Gasteiger charge is 2.14. The van der Waals surface area contributed by atoms with Gasteiger partial charge in [0.1, 0.15) is 0 Å². The van der Waals surface area contributed by atoms with Crippen molar-refractivity contribution < 1.29 is 0 Å². The summed E-state index contributed by atoms with van der Waals surface area (Å²) < 4.78 is 4.33. The number of nitrogens with zero attached hydrogens (tertiary/aromatic N) is 2. The molecule has 1 heterocycles. The molecule has 0 aliphatic carbocycles. The zero-order valence-corrected chi connectivity index (χ0v) is 15.8. The molecule has 1 N–H and O–H groups in total. The van der Waals surface area contributed by atoms with Gasteiger partial charge in [-0.3, -0.25) is 4.68 Å². The number of benzene rings is 1. The lowest BCUT2D eigenvalue weighted by atomic mass is 10.1. The van der Waals surface area contributed by atoms with Crippen LogP contribution in [0.2, 0.25) is 0 Å². The van der Waals surface area contributed by atoms with Crippen molar-refractivity contribution in [1.82, 2.24) is 15.1 Å². The lowest BCUT2D eigenvalue weighted by Gasteiger charge is -2.15. The second kappa shape index (κ2) is 7.56. The Morgan fingerprint density at radius 1 is 1.29 bits per heavy atom. The quantitative estimate of drug-likeness (QED) is 0.732. The van der Waals surface area contributed by atoms with Crippen molar-refractivity contribution in [3.63, 3.8) is 0 Å². The van der Waals surface area contributed by atoms with E-state index in [1.165, 1.54) is 11.3 Å². The maximum Gasteiger partial charge on any atom is 0.0767 e. The Morgan fingerprint density at radius 2 is 2.05 bits per heavy atom. The van der Waals surface area contributed by atoms with Crippen molar-refractivity contribution in [1.29, 1.82) is 0 Å². The van der Waals surface area contributed by atoms with Gasteiger partial charge in [-0.05, 0) is 53.9 Å². The van der Waals surface area contributed by atoms with Crippen LogP contribution in [0.4, 0.5) is 0 Å². The van der Waals surface area contributed by atoms with E-state index in [-0.39, 0.29) is 0 Å². The van der Waals surface area contributed by atoms with Crippen LogP contribution in [-0.4, -0.2) is 9.78 Å². The molecule has 0 saturated carbocycles. The standard InChI is InChI=1S/C16H21Br2N3/c1-4-14-16(18)15(21(5-2)20-14)10-19-11(3)12-7-6-8-13(17)9-12/h6-9,11,19H,4-5,10H2,1-3H3/t11-/m0/s1. The molecule has 0 aliphatic rings. The largest absolute Gasteiger partial charge is 0.305 e. The van der Waals surface area contributed by atoms with E-state index in [1.54, 1.807) is 0 Å². The third kappa shape index (κ3) is 3.96. The Hall–Kier alpha value is -0.650. The average molecular weight is 415 g/mol. The van der Waals surface area contributed by atoms with Crippen molar-refractivity contribution in [3.8, 4) is 0 Å². The van der Waals surface area contributed by atoms with E-state index in [4.69, 9.17) is 0 Å². The molecule has 0 aliphatic heterocycles. The fourth-order valence-corrected chi connectivity index (χ4v) is 3.45. The molecule has 1 aromatic heterocycles. The molecule has 0 bridgehead atoms. The first-order valence-electron chi connectivity index (χ1n) is 7.29. The number of aromatic nitrogens is 2. The second-order valence-corrected chi connectivity index (χ2v) is 6.74. The molecule has 0 spiro atoms. The number of aryl methyl sites for hydroxylation is 2. The van der Waals surface area contributed by atoms with E-state index < -0.39 is 0 Å². The summed E-state index contributed by atoms with van der Waals surface area (Å²) in [5, 5.41) is 8.22. The Kier molecular flexibility index (Phi) is 6.02. The fraction of sp³-hybridized carbons (Fsp3) is 0.438. The summed E-state index contributed by atoms with van der Waals surface area (Å²) in [5.41, 5.74) is 3.62. The van der Waals surface area contributed by atoms with Crippen LogP contribution in [0.5, 0.6) is 0 Å². The molecule has 21 heavy (non-hydrogen) atoms. The maximum atomic E-state index is 4.63. The van der Waals surface area contributed by atoms with Crippen LogP contribution in [-0.2, 0) is 19.5 Å². The molecule has 1 aromatic carbocycles. The molecule has 0 radical (unpaired) electrons. The highest BCUT2D eigenvalue weighted by atomic mass is 79.9. The summed E-state index contributed by atoms with van der Waals surface area (Å²) in [5.74, 6) is 0. The Labute approximate surface area is 143 Å².